The average molecular weight is 366 g/mol. The first-order valence-corrected chi connectivity index (χ1v) is 10.2. The zero-order valence-corrected chi connectivity index (χ0v) is 16.0. The molecular weight excluding hydrogens is 338 g/mol. The van der Waals surface area contributed by atoms with Gasteiger partial charge in [0.1, 0.15) is 5.82 Å². The number of benzene rings is 1. The monoisotopic (exact) mass is 365 g/mol. The number of hydrogen-bond acceptors (Lipinski definition) is 5. The van der Waals surface area contributed by atoms with Crippen molar-refractivity contribution in [1.29, 1.82) is 0 Å². The molecule has 8 heteroatoms. The third-order valence-corrected chi connectivity index (χ3v) is 6.41. The van der Waals surface area contributed by atoms with E-state index < -0.39 is 10.0 Å². The fourth-order valence-corrected chi connectivity index (χ4v) is 4.12. The highest BCUT2D eigenvalue weighted by molar-refractivity contribution is 7.89. The Morgan fingerprint density at radius 3 is 2.60 bits per heavy atom. The molecule has 0 amide bonds. The molecule has 0 saturated carbocycles. The Labute approximate surface area is 149 Å². The summed E-state index contributed by atoms with van der Waals surface area (Å²) in [5.74, 6) is 1.01. The molecule has 2 heterocycles. The van der Waals surface area contributed by atoms with Gasteiger partial charge >= 0.3 is 0 Å². The van der Waals surface area contributed by atoms with E-state index in [0.29, 0.717) is 4.90 Å². The predicted octanol–water partition coefficient (Wildman–Crippen LogP) is 1.10. The molecule has 7 nitrogen and oxygen atoms in total. The molecule has 0 radical (unpaired) electrons. The molecule has 1 fully saturated rings. The lowest BCUT2D eigenvalue weighted by Gasteiger charge is -2.27. The van der Waals surface area contributed by atoms with Gasteiger partial charge in [-0.05, 0) is 24.6 Å². The van der Waals surface area contributed by atoms with Crippen LogP contribution in [0.15, 0.2) is 23.1 Å². The number of aryl methyl sites for hydroxylation is 1. The number of imidazole rings is 1. The molecule has 1 aromatic heterocycles. The molecule has 1 N–H and O–H groups in total. The number of sulfonamides is 1. The van der Waals surface area contributed by atoms with Gasteiger partial charge in [-0.3, -0.25) is 4.90 Å². The van der Waals surface area contributed by atoms with E-state index in [1.54, 1.807) is 26.2 Å². The van der Waals surface area contributed by atoms with E-state index in [1.165, 1.54) is 4.31 Å². The molecule has 25 heavy (non-hydrogen) atoms. The van der Waals surface area contributed by atoms with E-state index in [1.807, 2.05) is 6.07 Å². The first kappa shape index (κ1) is 18.3. The van der Waals surface area contributed by atoms with Crippen LogP contribution in [0.5, 0.6) is 0 Å². The van der Waals surface area contributed by atoms with E-state index >= 15 is 0 Å². The Kier molecular flexibility index (Phi) is 5.43. The van der Waals surface area contributed by atoms with Gasteiger partial charge in [-0.15, -0.1) is 0 Å². The minimum Gasteiger partial charge on any atom is -0.327 e. The maximum absolute atomic E-state index is 12.4. The summed E-state index contributed by atoms with van der Waals surface area (Å²) in [6.07, 6.45) is 1.01. The van der Waals surface area contributed by atoms with Crippen LogP contribution in [-0.4, -0.2) is 67.4 Å². The van der Waals surface area contributed by atoms with Crippen molar-refractivity contribution >= 4 is 21.1 Å². The molecule has 0 atom stereocenters. The maximum Gasteiger partial charge on any atom is 0.242 e. The summed E-state index contributed by atoms with van der Waals surface area (Å²) >= 11 is 0. The summed E-state index contributed by atoms with van der Waals surface area (Å²) in [5, 5.41) is 3.36. The van der Waals surface area contributed by atoms with Gasteiger partial charge < -0.3 is 9.88 Å². The van der Waals surface area contributed by atoms with Gasteiger partial charge in [-0.1, -0.05) is 6.92 Å². The number of nitrogens with one attached hydrogen (secondary N) is 1. The largest absolute Gasteiger partial charge is 0.327 e. The molecule has 1 aliphatic heterocycles. The molecule has 2 aromatic rings. The minimum absolute atomic E-state index is 0.292. The maximum atomic E-state index is 12.4. The number of rotatable bonds is 6. The van der Waals surface area contributed by atoms with E-state index in [2.05, 4.69) is 21.7 Å². The lowest BCUT2D eigenvalue weighted by atomic mass is 10.3. The highest BCUT2D eigenvalue weighted by Gasteiger charge is 2.20. The fraction of sp³-hybridized carbons (Fsp3) is 0.588. The van der Waals surface area contributed by atoms with Crippen LogP contribution < -0.4 is 5.32 Å². The van der Waals surface area contributed by atoms with E-state index in [-0.39, 0.29) is 0 Å². The molecule has 138 valence electrons. The minimum atomic E-state index is -3.45. The van der Waals surface area contributed by atoms with Crippen molar-refractivity contribution < 1.29 is 8.42 Å². The van der Waals surface area contributed by atoms with Crippen molar-refractivity contribution in [1.82, 2.24) is 24.1 Å². The highest BCUT2D eigenvalue weighted by Crippen LogP contribution is 2.23. The molecule has 0 aliphatic carbocycles. The molecule has 3 rings (SSSR count). The zero-order chi connectivity index (χ0) is 18.0. The molecular formula is C17H27N5O2S. The normalized spacial score (nSPS) is 16.8. The number of aromatic nitrogens is 2. The number of nitrogens with zero attached hydrogens (tertiary/aromatic N) is 4. The second kappa shape index (κ2) is 7.41. The third kappa shape index (κ3) is 3.72. The lowest BCUT2D eigenvalue weighted by molar-refractivity contribution is 0.225. The standard InChI is InChI=1S/C17H27N5O2S/c1-4-9-22-16-6-5-14(25(23,24)20(2)3)12-15(16)19-17(22)13-21-10-7-18-8-11-21/h5-6,12,18H,4,7-11,13H2,1-3H3. The van der Waals surface area contributed by atoms with Crippen molar-refractivity contribution in [3.63, 3.8) is 0 Å². The lowest BCUT2D eigenvalue weighted by Crippen LogP contribution is -2.43. The third-order valence-electron chi connectivity index (χ3n) is 4.60. The van der Waals surface area contributed by atoms with Gasteiger partial charge in [0.2, 0.25) is 10.0 Å². The fourth-order valence-electron chi connectivity index (χ4n) is 3.19. The van der Waals surface area contributed by atoms with Crippen LogP contribution in [0.1, 0.15) is 19.2 Å². The van der Waals surface area contributed by atoms with Gasteiger partial charge in [0.25, 0.3) is 0 Å². The van der Waals surface area contributed by atoms with Crippen LogP contribution in [0, 0.1) is 0 Å². The first-order valence-electron chi connectivity index (χ1n) is 8.78. The molecule has 0 unspecified atom stereocenters. The Morgan fingerprint density at radius 2 is 1.96 bits per heavy atom. The van der Waals surface area contributed by atoms with Crippen molar-refractivity contribution in [2.75, 3.05) is 40.3 Å². The summed E-state index contributed by atoms with van der Waals surface area (Å²) in [5.41, 5.74) is 1.76. The molecule has 0 spiro atoms. The Bertz CT molecular complexity index is 838. The van der Waals surface area contributed by atoms with E-state index in [0.717, 1.165) is 62.5 Å². The van der Waals surface area contributed by atoms with Crippen LogP contribution in [0.3, 0.4) is 0 Å². The number of fused-ring (bicyclic) bond motifs is 1. The summed E-state index contributed by atoms with van der Waals surface area (Å²) in [7, 11) is -0.353. The van der Waals surface area contributed by atoms with Crippen molar-refractivity contribution in [3.8, 4) is 0 Å². The SMILES string of the molecule is CCCn1c(CN2CCNCC2)nc2cc(S(=O)(=O)N(C)C)ccc21. The Morgan fingerprint density at radius 1 is 1.24 bits per heavy atom. The highest BCUT2D eigenvalue weighted by atomic mass is 32.2. The van der Waals surface area contributed by atoms with Crippen molar-refractivity contribution in [3.05, 3.63) is 24.0 Å². The summed E-state index contributed by atoms with van der Waals surface area (Å²) in [4.78, 5) is 7.46. The topological polar surface area (TPSA) is 70.5 Å². The summed E-state index contributed by atoms with van der Waals surface area (Å²) in [6, 6.07) is 5.26. The quantitative estimate of drug-likeness (QED) is 0.830. The van der Waals surface area contributed by atoms with Crippen LogP contribution in [-0.2, 0) is 23.1 Å². The Hall–Kier alpha value is -1.48. The predicted molar refractivity (Wildman–Crippen MR) is 99.0 cm³/mol. The van der Waals surface area contributed by atoms with Crippen LogP contribution in [0.4, 0.5) is 0 Å². The van der Waals surface area contributed by atoms with Crippen LogP contribution in [0.2, 0.25) is 0 Å². The Balaban J connectivity index is 2.00. The molecule has 1 saturated heterocycles. The summed E-state index contributed by atoms with van der Waals surface area (Å²) in [6.45, 7) is 7.85. The van der Waals surface area contributed by atoms with Gasteiger partial charge in [0, 0.05) is 46.8 Å². The average Bonchev–Trinajstić information content (AvgIpc) is 2.92. The van der Waals surface area contributed by atoms with E-state index in [4.69, 9.17) is 4.98 Å². The van der Waals surface area contributed by atoms with Gasteiger partial charge in [-0.2, -0.15) is 0 Å². The first-order chi connectivity index (χ1) is 11.9. The van der Waals surface area contributed by atoms with Crippen molar-refractivity contribution in [2.24, 2.45) is 0 Å². The summed E-state index contributed by atoms with van der Waals surface area (Å²) < 4.78 is 28.2. The second-order valence-electron chi connectivity index (χ2n) is 6.64. The molecule has 1 aromatic carbocycles. The van der Waals surface area contributed by atoms with Crippen molar-refractivity contribution in [2.45, 2.75) is 31.3 Å². The smallest absolute Gasteiger partial charge is 0.242 e. The molecule has 0 bridgehead atoms. The molecule has 1 aliphatic rings. The van der Waals surface area contributed by atoms with Crippen LogP contribution in [0.25, 0.3) is 11.0 Å². The number of piperazine rings is 1. The zero-order valence-electron chi connectivity index (χ0n) is 15.2. The second-order valence-corrected chi connectivity index (χ2v) is 8.80. The number of hydrogen-bond donors (Lipinski definition) is 1. The van der Waals surface area contributed by atoms with Gasteiger partial charge in [-0.25, -0.2) is 17.7 Å². The van der Waals surface area contributed by atoms with Gasteiger partial charge in [0.15, 0.2) is 0 Å². The van der Waals surface area contributed by atoms with E-state index in [9.17, 15) is 8.42 Å². The van der Waals surface area contributed by atoms with Crippen LogP contribution >= 0.6 is 0 Å². The van der Waals surface area contributed by atoms with Gasteiger partial charge in [0.05, 0.1) is 22.5 Å².